The van der Waals surface area contributed by atoms with Crippen LogP contribution in [0.2, 0.25) is 0 Å². The van der Waals surface area contributed by atoms with E-state index in [1.165, 1.54) is 0 Å². The van der Waals surface area contributed by atoms with E-state index in [1.54, 1.807) is 0 Å². The number of carbonyl (C=O) groups is 2. The standard InChI is InChI=1S/C24H16F6O6/c1-3-21(31)35-11-9-33-16-6-7-17(18(14-16)23(25,26)27)15-5-8-20(19(13-15)24(28,29)30)34-10-12-36-22(32)4-2/h3-14H,1-2H2/b11-9-,12-10-. The van der Waals surface area contributed by atoms with Crippen molar-refractivity contribution in [3.05, 3.63) is 97.9 Å². The van der Waals surface area contributed by atoms with Gasteiger partial charge in [0.05, 0.1) is 11.1 Å². The summed E-state index contributed by atoms with van der Waals surface area (Å²) < 4.78 is 101. The molecular formula is C24H16F6O6. The van der Waals surface area contributed by atoms with Gasteiger partial charge in [0, 0.05) is 12.2 Å². The Balaban J connectivity index is 2.42. The van der Waals surface area contributed by atoms with Crippen LogP contribution in [0.25, 0.3) is 11.1 Å². The molecular weight excluding hydrogens is 498 g/mol. The second-order valence-electron chi connectivity index (χ2n) is 6.48. The predicted molar refractivity (Wildman–Crippen MR) is 114 cm³/mol. The second kappa shape index (κ2) is 11.8. The Morgan fingerprint density at radius 2 is 1.25 bits per heavy atom. The Morgan fingerprint density at radius 3 is 1.78 bits per heavy atom. The monoisotopic (exact) mass is 514 g/mol. The Hall–Kier alpha value is -4.48. The van der Waals surface area contributed by atoms with E-state index in [-0.39, 0.29) is 5.75 Å². The quantitative estimate of drug-likeness (QED) is 0.164. The van der Waals surface area contributed by atoms with Crippen molar-refractivity contribution in [3.8, 4) is 22.6 Å². The summed E-state index contributed by atoms with van der Waals surface area (Å²) in [6, 6.07) is 4.88. The third-order valence-corrected chi connectivity index (χ3v) is 4.10. The van der Waals surface area contributed by atoms with Gasteiger partial charge in [0.15, 0.2) is 0 Å². The summed E-state index contributed by atoms with van der Waals surface area (Å²) in [5.74, 6) is -2.79. The minimum atomic E-state index is -4.99. The van der Waals surface area contributed by atoms with Gasteiger partial charge < -0.3 is 18.9 Å². The fourth-order valence-electron chi connectivity index (χ4n) is 2.60. The summed E-state index contributed by atoms with van der Waals surface area (Å²) in [6.07, 6.45) is -5.41. The molecule has 0 aliphatic heterocycles. The maximum atomic E-state index is 13.7. The van der Waals surface area contributed by atoms with Crippen molar-refractivity contribution >= 4 is 11.9 Å². The second-order valence-corrected chi connectivity index (χ2v) is 6.48. The molecule has 0 aliphatic carbocycles. The zero-order valence-corrected chi connectivity index (χ0v) is 18.1. The van der Waals surface area contributed by atoms with E-state index in [2.05, 4.69) is 22.6 Å². The fourth-order valence-corrected chi connectivity index (χ4v) is 2.60. The lowest BCUT2D eigenvalue weighted by Gasteiger charge is -2.17. The summed E-state index contributed by atoms with van der Waals surface area (Å²) >= 11 is 0. The van der Waals surface area contributed by atoms with Gasteiger partial charge in [-0.3, -0.25) is 0 Å². The Labute approximate surface area is 200 Å². The molecule has 2 aromatic carbocycles. The van der Waals surface area contributed by atoms with Gasteiger partial charge in [0.2, 0.25) is 0 Å². The molecule has 0 amide bonds. The lowest BCUT2D eigenvalue weighted by molar-refractivity contribution is -0.139. The number of halogens is 6. The molecule has 0 bridgehead atoms. The number of alkyl halides is 6. The molecule has 12 heteroatoms. The average Bonchev–Trinajstić information content (AvgIpc) is 2.82. The maximum absolute atomic E-state index is 13.7. The number of benzene rings is 2. The molecule has 0 atom stereocenters. The third kappa shape index (κ3) is 7.79. The highest BCUT2D eigenvalue weighted by Crippen LogP contribution is 2.43. The summed E-state index contributed by atoms with van der Waals surface area (Å²) in [6.45, 7) is 6.28. The van der Waals surface area contributed by atoms with Crippen LogP contribution in [0.5, 0.6) is 11.5 Å². The molecule has 0 spiro atoms. The molecule has 0 fully saturated rings. The number of carbonyl (C=O) groups excluding carboxylic acids is 2. The molecule has 0 aromatic heterocycles. The van der Waals surface area contributed by atoms with Crippen LogP contribution in [0.3, 0.4) is 0 Å². The maximum Gasteiger partial charge on any atom is 0.420 e. The van der Waals surface area contributed by atoms with Crippen LogP contribution in [-0.4, -0.2) is 11.9 Å². The Bertz CT molecular complexity index is 1190. The number of esters is 2. The smallest absolute Gasteiger partial charge is 0.420 e. The first-order valence-electron chi connectivity index (χ1n) is 9.59. The van der Waals surface area contributed by atoms with Gasteiger partial charge in [0.1, 0.15) is 36.5 Å². The van der Waals surface area contributed by atoms with Crippen LogP contribution in [0.15, 0.2) is 86.8 Å². The van der Waals surface area contributed by atoms with Crippen LogP contribution in [0, 0.1) is 0 Å². The molecule has 0 saturated carbocycles. The summed E-state index contributed by atoms with van der Waals surface area (Å²) in [7, 11) is 0. The van der Waals surface area contributed by atoms with Crippen molar-refractivity contribution in [2.45, 2.75) is 12.4 Å². The van der Waals surface area contributed by atoms with Gasteiger partial charge in [-0.25, -0.2) is 9.59 Å². The van der Waals surface area contributed by atoms with Crippen LogP contribution in [-0.2, 0) is 31.4 Å². The van der Waals surface area contributed by atoms with Gasteiger partial charge in [-0.15, -0.1) is 0 Å². The molecule has 0 aliphatic rings. The fraction of sp³-hybridized carbons (Fsp3) is 0.0833. The minimum Gasteiger partial charge on any atom is -0.462 e. The number of rotatable bonds is 9. The van der Waals surface area contributed by atoms with Crippen LogP contribution in [0.1, 0.15) is 11.1 Å². The molecule has 190 valence electrons. The molecule has 36 heavy (non-hydrogen) atoms. The number of hydrogen-bond donors (Lipinski definition) is 0. The molecule has 0 heterocycles. The first-order chi connectivity index (χ1) is 16.9. The van der Waals surface area contributed by atoms with E-state index in [0.717, 1.165) is 48.9 Å². The molecule has 0 saturated heterocycles. The van der Waals surface area contributed by atoms with Crippen LogP contribution < -0.4 is 9.47 Å². The van der Waals surface area contributed by atoms with Crippen LogP contribution >= 0.6 is 0 Å². The molecule has 2 aromatic rings. The molecule has 6 nitrogen and oxygen atoms in total. The van der Waals surface area contributed by atoms with Crippen molar-refractivity contribution < 1.29 is 54.9 Å². The zero-order valence-electron chi connectivity index (χ0n) is 18.1. The van der Waals surface area contributed by atoms with Gasteiger partial charge in [0.25, 0.3) is 0 Å². The predicted octanol–water partition coefficient (Wildman–Crippen LogP) is 6.55. The van der Waals surface area contributed by atoms with Gasteiger partial charge >= 0.3 is 24.3 Å². The molecule has 0 unspecified atom stereocenters. The van der Waals surface area contributed by atoms with Crippen molar-refractivity contribution in [1.29, 1.82) is 0 Å². The van der Waals surface area contributed by atoms with E-state index >= 15 is 0 Å². The average molecular weight is 514 g/mol. The highest BCUT2D eigenvalue weighted by molar-refractivity contribution is 5.82. The van der Waals surface area contributed by atoms with Crippen molar-refractivity contribution in [2.75, 3.05) is 0 Å². The molecule has 0 radical (unpaired) electrons. The number of ether oxygens (including phenoxy) is 4. The number of hydrogen-bond acceptors (Lipinski definition) is 6. The van der Waals surface area contributed by atoms with E-state index in [0.29, 0.717) is 24.7 Å². The lowest BCUT2D eigenvalue weighted by atomic mass is 9.97. The van der Waals surface area contributed by atoms with E-state index in [1.807, 2.05) is 0 Å². The summed E-state index contributed by atoms with van der Waals surface area (Å²) in [5.41, 5.74) is -3.63. The topological polar surface area (TPSA) is 71.1 Å². The van der Waals surface area contributed by atoms with Crippen molar-refractivity contribution in [2.24, 2.45) is 0 Å². The molecule has 2 rings (SSSR count). The molecule has 0 N–H and O–H groups in total. The normalized spacial score (nSPS) is 11.8. The first kappa shape index (κ1) is 27.8. The van der Waals surface area contributed by atoms with E-state index < -0.39 is 52.3 Å². The van der Waals surface area contributed by atoms with E-state index in [9.17, 15) is 35.9 Å². The third-order valence-electron chi connectivity index (χ3n) is 4.10. The SMILES string of the molecule is C=CC(=O)O/C=C\Oc1ccc(-c2ccc(O/C=C\OC(=O)C=C)c(C(F)(F)F)c2)c(C(F)(F)F)c1. The zero-order chi connectivity index (χ0) is 26.9. The highest BCUT2D eigenvalue weighted by Gasteiger charge is 2.37. The summed E-state index contributed by atoms with van der Waals surface area (Å²) in [4.78, 5) is 21.9. The minimum absolute atomic E-state index is 0.327. The Kier molecular flexibility index (Phi) is 9.08. The van der Waals surface area contributed by atoms with Crippen molar-refractivity contribution in [1.82, 2.24) is 0 Å². The van der Waals surface area contributed by atoms with Crippen LogP contribution in [0.4, 0.5) is 26.3 Å². The Morgan fingerprint density at radius 1 is 0.694 bits per heavy atom. The highest BCUT2D eigenvalue weighted by atomic mass is 19.4. The van der Waals surface area contributed by atoms with Gasteiger partial charge in [-0.2, -0.15) is 26.3 Å². The van der Waals surface area contributed by atoms with Gasteiger partial charge in [-0.1, -0.05) is 25.3 Å². The van der Waals surface area contributed by atoms with E-state index in [4.69, 9.17) is 9.47 Å². The lowest BCUT2D eigenvalue weighted by Crippen LogP contribution is -2.10. The first-order valence-corrected chi connectivity index (χ1v) is 9.59. The van der Waals surface area contributed by atoms with Crippen molar-refractivity contribution in [3.63, 3.8) is 0 Å². The summed E-state index contributed by atoms with van der Waals surface area (Å²) in [5, 5.41) is 0. The van der Waals surface area contributed by atoms with Gasteiger partial charge in [-0.05, 0) is 35.4 Å². The largest absolute Gasteiger partial charge is 0.462 e.